The zero-order valence-electron chi connectivity index (χ0n) is 11.1. The molecule has 0 saturated heterocycles. The van der Waals surface area contributed by atoms with Crippen molar-refractivity contribution in [3.63, 3.8) is 0 Å². The van der Waals surface area contributed by atoms with Crippen molar-refractivity contribution in [3.8, 4) is 11.1 Å². The third-order valence-electron chi connectivity index (χ3n) is 2.60. The van der Waals surface area contributed by atoms with Gasteiger partial charge in [0, 0.05) is 5.69 Å². The van der Waals surface area contributed by atoms with Gasteiger partial charge >= 0.3 is 0 Å². The summed E-state index contributed by atoms with van der Waals surface area (Å²) in [5.74, 6) is 0. The summed E-state index contributed by atoms with van der Waals surface area (Å²) in [5.41, 5.74) is 1.73. The van der Waals surface area contributed by atoms with E-state index in [4.69, 9.17) is 5.14 Å². The van der Waals surface area contributed by atoms with Crippen LogP contribution in [0.1, 0.15) is 0 Å². The Balaban J connectivity index is 2.37. The highest BCUT2D eigenvalue weighted by atomic mass is 32.2. The third-order valence-corrected chi connectivity index (χ3v) is 4.13. The molecule has 8 heteroatoms. The average molecular weight is 325 g/mol. The molecule has 3 N–H and O–H groups in total. The van der Waals surface area contributed by atoms with Crippen LogP contribution in [0.5, 0.6) is 0 Å². The molecule has 0 amide bonds. The largest absolute Gasteiger partial charge is 0.284 e. The summed E-state index contributed by atoms with van der Waals surface area (Å²) in [7, 11) is -7.10. The van der Waals surface area contributed by atoms with E-state index in [1.54, 1.807) is 30.3 Å². The predicted molar refractivity (Wildman–Crippen MR) is 80.6 cm³/mol. The fraction of sp³-hybridized carbons (Fsp3) is 0.0769. The van der Waals surface area contributed by atoms with E-state index in [2.05, 4.69) is 10.8 Å². The first-order valence-electron chi connectivity index (χ1n) is 5.78. The highest BCUT2D eigenvalue weighted by molar-refractivity contribution is 7.92. The van der Waals surface area contributed by atoms with Crippen LogP contribution < -0.4 is 9.86 Å². The van der Waals surface area contributed by atoms with E-state index < -0.39 is 20.0 Å². The predicted octanol–water partition coefficient (Wildman–Crippen LogP) is 1.17. The van der Waals surface area contributed by atoms with E-state index in [0.717, 1.165) is 6.26 Å². The highest BCUT2D eigenvalue weighted by Crippen LogP contribution is 2.23. The van der Waals surface area contributed by atoms with Crippen molar-refractivity contribution in [3.05, 3.63) is 48.5 Å². The molecule has 2 rings (SSSR count). The van der Waals surface area contributed by atoms with Crippen LogP contribution in [-0.4, -0.2) is 23.1 Å². The minimum Gasteiger partial charge on any atom is -0.284 e. The highest BCUT2D eigenvalue weighted by Gasteiger charge is 2.08. The number of nitrogens with one attached hydrogen (secondary N) is 1. The maximum Gasteiger partial charge on any atom is 0.238 e. The number of anilines is 1. The van der Waals surface area contributed by atoms with Crippen molar-refractivity contribution < 1.29 is 16.8 Å². The molecule has 0 aliphatic heterocycles. The maximum absolute atomic E-state index is 11.2. The zero-order valence-corrected chi connectivity index (χ0v) is 12.7. The van der Waals surface area contributed by atoms with Crippen LogP contribution in [0.3, 0.4) is 0 Å². The van der Waals surface area contributed by atoms with Crippen molar-refractivity contribution >= 4 is 25.7 Å². The molecule has 0 heterocycles. The number of hydrogen-bond acceptors (Lipinski definition) is 4. The Hall–Kier alpha value is -1.90. The number of sulfonamides is 2. The fourth-order valence-electron chi connectivity index (χ4n) is 1.73. The van der Waals surface area contributed by atoms with Gasteiger partial charge in [0.15, 0.2) is 0 Å². The Bertz CT molecular complexity index is 857. The molecule has 0 aliphatic rings. The molecular formula is C13H13N2O4S2. The van der Waals surface area contributed by atoms with Gasteiger partial charge in [-0.2, -0.15) is 0 Å². The number of rotatable bonds is 4. The van der Waals surface area contributed by atoms with E-state index in [0.29, 0.717) is 16.8 Å². The lowest BCUT2D eigenvalue weighted by molar-refractivity contribution is 0.597. The van der Waals surface area contributed by atoms with Crippen LogP contribution in [0.25, 0.3) is 11.1 Å². The summed E-state index contributed by atoms with van der Waals surface area (Å²) in [4.78, 5) is 0.0108. The van der Waals surface area contributed by atoms with Gasteiger partial charge in [-0.1, -0.05) is 18.2 Å². The molecule has 0 aromatic heterocycles. The minimum atomic E-state index is -3.74. The maximum atomic E-state index is 11.2. The molecule has 0 aliphatic carbocycles. The number of nitrogens with two attached hydrogens (primary N) is 1. The van der Waals surface area contributed by atoms with Gasteiger partial charge in [0.05, 0.1) is 11.2 Å². The van der Waals surface area contributed by atoms with E-state index in [-0.39, 0.29) is 4.90 Å². The lowest BCUT2D eigenvalue weighted by atomic mass is 10.1. The molecule has 0 bridgehead atoms. The lowest BCUT2D eigenvalue weighted by Gasteiger charge is -2.07. The Morgan fingerprint density at radius 3 is 2.19 bits per heavy atom. The molecule has 0 atom stereocenters. The van der Waals surface area contributed by atoms with E-state index in [1.165, 1.54) is 12.1 Å². The normalized spacial score (nSPS) is 12.1. The molecule has 0 spiro atoms. The second kappa shape index (κ2) is 5.47. The second-order valence-electron chi connectivity index (χ2n) is 4.43. The third kappa shape index (κ3) is 4.28. The Morgan fingerprint density at radius 1 is 1.05 bits per heavy atom. The molecule has 6 nitrogen and oxygen atoms in total. The molecule has 21 heavy (non-hydrogen) atoms. The summed E-state index contributed by atoms with van der Waals surface area (Å²) in [5, 5.41) is 5.03. The lowest BCUT2D eigenvalue weighted by Crippen LogP contribution is -2.11. The SMILES string of the molecule is CS(=O)(=O)Nc1cc[c]c(-c2ccc(S(N)(=O)=O)cc2)c1. The van der Waals surface area contributed by atoms with Gasteiger partial charge in [0.2, 0.25) is 20.0 Å². The van der Waals surface area contributed by atoms with E-state index in [1.807, 2.05) is 0 Å². The van der Waals surface area contributed by atoms with Crippen molar-refractivity contribution in [2.75, 3.05) is 11.0 Å². The van der Waals surface area contributed by atoms with Crippen LogP contribution in [0.15, 0.2) is 47.4 Å². The summed E-state index contributed by atoms with van der Waals surface area (Å²) in [6.45, 7) is 0. The van der Waals surface area contributed by atoms with Crippen molar-refractivity contribution in [1.29, 1.82) is 0 Å². The first-order chi connectivity index (χ1) is 9.65. The zero-order chi connectivity index (χ0) is 15.7. The Morgan fingerprint density at radius 2 is 1.67 bits per heavy atom. The second-order valence-corrected chi connectivity index (χ2v) is 7.74. The molecule has 2 aromatic carbocycles. The van der Waals surface area contributed by atoms with Gasteiger partial charge in [-0.15, -0.1) is 0 Å². The van der Waals surface area contributed by atoms with Gasteiger partial charge in [-0.3, -0.25) is 4.72 Å². The Labute approximate surface area is 123 Å². The first-order valence-corrected chi connectivity index (χ1v) is 9.22. The van der Waals surface area contributed by atoms with Crippen LogP contribution in [0.2, 0.25) is 0 Å². The summed E-state index contributed by atoms with van der Waals surface area (Å²) < 4.78 is 47.1. The smallest absolute Gasteiger partial charge is 0.238 e. The van der Waals surface area contributed by atoms with Gasteiger partial charge in [0.1, 0.15) is 0 Å². The molecule has 1 radical (unpaired) electrons. The standard InChI is InChI=1S/C13H13N2O4S2/c1-20(16,17)15-12-4-2-3-11(9-12)10-5-7-13(8-6-10)21(14,18)19/h2,4-9,15H,1H3,(H2,14,18,19). The van der Waals surface area contributed by atoms with Crippen molar-refractivity contribution in [2.24, 2.45) is 5.14 Å². The van der Waals surface area contributed by atoms with Crippen molar-refractivity contribution in [2.45, 2.75) is 4.90 Å². The summed E-state index contributed by atoms with van der Waals surface area (Å²) in [6.07, 6.45) is 1.06. The van der Waals surface area contributed by atoms with Gasteiger partial charge in [-0.05, 0) is 41.5 Å². The summed E-state index contributed by atoms with van der Waals surface area (Å²) >= 11 is 0. The molecule has 0 fully saturated rings. The topological polar surface area (TPSA) is 106 Å². The molecular weight excluding hydrogens is 312 g/mol. The van der Waals surface area contributed by atoms with Crippen LogP contribution in [0.4, 0.5) is 5.69 Å². The Kier molecular flexibility index (Phi) is 4.04. The number of primary sulfonamides is 1. The average Bonchev–Trinajstić information content (AvgIpc) is 2.36. The van der Waals surface area contributed by atoms with Gasteiger partial charge < -0.3 is 0 Å². The van der Waals surface area contributed by atoms with Gasteiger partial charge in [0.25, 0.3) is 0 Å². The first kappa shape index (κ1) is 15.5. The van der Waals surface area contributed by atoms with Gasteiger partial charge in [-0.25, -0.2) is 22.0 Å². The fourth-order valence-corrected chi connectivity index (χ4v) is 2.81. The van der Waals surface area contributed by atoms with E-state index >= 15 is 0 Å². The molecule has 0 saturated carbocycles. The quantitative estimate of drug-likeness (QED) is 0.880. The summed E-state index contributed by atoms with van der Waals surface area (Å²) in [6, 6.07) is 13.6. The molecule has 2 aromatic rings. The van der Waals surface area contributed by atoms with Crippen molar-refractivity contribution in [1.82, 2.24) is 0 Å². The minimum absolute atomic E-state index is 0.0108. The van der Waals surface area contributed by atoms with Crippen LogP contribution >= 0.6 is 0 Å². The van der Waals surface area contributed by atoms with Crippen LogP contribution in [0, 0.1) is 6.07 Å². The number of hydrogen-bond donors (Lipinski definition) is 2. The molecule has 0 unspecified atom stereocenters. The van der Waals surface area contributed by atoms with Crippen LogP contribution in [-0.2, 0) is 20.0 Å². The monoisotopic (exact) mass is 325 g/mol. The van der Waals surface area contributed by atoms with E-state index in [9.17, 15) is 16.8 Å². The number of benzene rings is 2. The molecule has 111 valence electrons.